The Kier molecular flexibility index (Phi) is 6.63. The van der Waals surface area contributed by atoms with Gasteiger partial charge >= 0.3 is 5.69 Å². The number of hydrogen-bond donors (Lipinski definition) is 1. The van der Waals surface area contributed by atoms with E-state index in [1.165, 1.54) is 4.57 Å². The van der Waals surface area contributed by atoms with E-state index in [0.29, 0.717) is 46.8 Å². The first-order valence-electron chi connectivity index (χ1n) is 11.1. The predicted octanol–water partition coefficient (Wildman–Crippen LogP) is 6.04. The van der Waals surface area contributed by atoms with Gasteiger partial charge in [-0.3, -0.25) is 0 Å². The highest BCUT2D eigenvalue weighted by atomic mass is 35.5. The Bertz CT molecular complexity index is 1480. The average molecular weight is 484 g/mol. The molecule has 0 atom stereocenters. The van der Waals surface area contributed by atoms with Crippen LogP contribution < -0.4 is 15.2 Å². The maximum Gasteiger partial charge on any atom is 0.348 e. The van der Waals surface area contributed by atoms with Crippen LogP contribution in [0.25, 0.3) is 17.1 Å². The van der Waals surface area contributed by atoms with E-state index in [0.717, 1.165) is 11.1 Å². The number of H-pyrrole nitrogens is 1. The highest BCUT2D eigenvalue weighted by Crippen LogP contribution is 2.34. The summed E-state index contributed by atoms with van der Waals surface area (Å²) in [4.78, 5) is 12.7. The van der Waals surface area contributed by atoms with Crippen molar-refractivity contribution >= 4 is 11.6 Å². The lowest BCUT2D eigenvalue weighted by atomic mass is 10.1. The molecule has 0 fully saturated rings. The molecule has 5 aromatic rings. The Labute approximate surface area is 207 Å². The molecule has 0 unspecified atom stereocenters. The highest BCUT2D eigenvalue weighted by Gasteiger charge is 2.18. The standard InChI is InChI=1S/C28H22ClN3O3/c29-22-12-7-13-23(16-22)32-27(30-31-28(32)33)25-15-14-24(34-18-20-8-3-1-4-9-20)17-26(25)35-19-21-10-5-2-6-11-21/h1-17H,18-19H2,(H,31,33). The number of nitrogens with one attached hydrogen (secondary N) is 1. The molecule has 1 heterocycles. The van der Waals surface area contributed by atoms with E-state index >= 15 is 0 Å². The first-order valence-corrected chi connectivity index (χ1v) is 11.5. The zero-order chi connectivity index (χ0) is 24.0. The molecule has 1 aromatic heterocycles. The molecule has 7 heteroatoms. The SMILES string of the molecule is O=c1[nH]nc(-c2ccc(OCc3ccccc3)cc2OCc2ccccc2)n1-c1cccc(Cl)c1. The summed E-state index contributed by atoms with van der Waals surface area (Å²) in [5.74, 6) is 1.60. The van der Waals surface area contributed by atoms with Crippen molar-refractivity contribution in [3.05, 3.63) is 130 Å². The van der Waals surface area contributed by atoms with Crippen LogP contribution in [0.1, 0.15) is 11.1 Å². The maximum absolute atomic E-state index is 12.7. The van der Waals surface area contributed by atoms with Crippen LogP contribution >= 0.6 is 11.6 Å². The second-order valence-electron chi connectivity index (χ2n) is 7.87. The van der Waals surface area contributed by atoms with Crippen molar-refractivity contribution in [2.75, 3.05) is 0 Å². The Morgan fingerprint density at radius 2 is 1.46 bits per heavy atom. The van der Waals surface area contributed by atoms with Crippen molar-refractivity contribution in [3.8, 4) is 28.6 Å². The van der Waals surface area contributed by atoms with Gasteiger partial charge in [-0.15, -0.1) is 0 Å². The van der Waals surface area contributed by atoms with Gasteiger partial charge in [-0.05, 0) is 41.5 Å². The average Bonchev–Trinajstić information content (AvgIpc) is 3.28. The van der Waals surface area contributed by atoms with Crippen LogP contribution in [0.2, 0.25) is 5.02 Å². The number of rotatable bonds is 8. The Hall–Kier alpha value is -4.29. The number of benzene rings is 4. The van der Waals surface area contributed by atoms with Crippen molar-refractivity contribution in [2.45, 2.75) is 13.2 Å². The highest BCUT2D eigenvalue weighted by molar-refractivity contribution is 6.30. The summed E-state index contributed by atoms with van der Waals surface area (Å²) in [6, 6.07) is 32.4. The van der Waals surface area contributed by atoms with E-state index in [4.69, 9.17) is 21.1 Å². The van der Waals surface area contributed by atoms with Crippen molar-refractivity contribution in [3.63, 3.8) is 0 Å². The quantitative estimate of drug-likeness (QED) is 0.292. The normalized spacial score (nSPS) is 10.8. The third-order valence-corrected chi connectivity index (χ3v) is 5.65. The monoisotopic (exact) mass is 483 g/mol. The van der Waals surface area contributed by atoms with Gasteiger partial charge in [0, 0.05) is 11.1 Å². The summed E-state index contributed by atoms with van der Waals surface area (Å²) in [5.41, 5.74) is 2.95. The summed E-state index contributed by atoms with van der Waals surface area (Å²) >= 11 is 6.18. The lowest BCUT2D eigenvalue weighted by Crippen LogP contribution is -2.15. The van der Waals surface area contributed by atoms with Gasteiger partial charge < -0.3 is 9.47 Å². The van der Waals surface area contributed by atoms with E-state index in [1.807, 2.05) is 78.9 Å². The maximum atomic E-state index is 12.7. The van der Waals surface area contributed by atoms with Crippen LogP contribution in [-0.2, 0) is 13.2 Å². The number of aromatic nitrogens is 3. The molecule has 6 nitrogen and oxygen atoms in total. The van der Waals surface area contributed by atoms with Crippen molar-refractivity contribution in [1.29, 1.82) is 0 Å². The van der Waals surface area contributed by atoms with Gasteiger partial charge in [-0.1, -0.05) is 78.3 Å². The lowest BCUT2D eigenvalue weighted by Gasteiger charge is -2.15. The molecule has 0 aliphatic heterocycles. The van der Waals surface area contributed by atoms with Gasteiger partial charge in [-0.2, -0.15) is 5.10 Å². The Morgan fingerprint density at radius 1 is 0.771 bits per heavy atom. The van der Waals surface area contributed by atoms with Gasteiger partial charge in [0.1, 0.15) is 24.7 Å². The van der Waals surface area contributed by atoms with E-state index in [-0.39, 0.29) is 5.69 Å². The predicted molar refractivity (Wildman–Crippen MR) is 136 cm³/mol. The summed E-state index contributed by atoms with van der Waals surface area (Å²) in [5, 5.41) is 7.36. The van der Waals surface area contributed by atoms with Gasteiger partial charge in [0.05, 0.1) is 11.3 Å². The van der Waals surface area contributed by atoms with Gasteiger partial charge in [0.2, 0.25) is 0 Å². The smallest absolute Gasteiger partial charge is 0.348 e. The number of ether oxygens (including phenoxy) is 2. The molecule has 0 radical (unpaired) electrons. The molecule has 1 N–H and O–H groups in total. The van der Waals surface area contributed by atoms with E-state index < -0.39 is 0 Å². The fourth-order valence-corrected chi connectivity index (χ4v) is 3.89. The molecule has 0 aliphatic rings. The number of nitrogens with zero attached hydrogens (tertiary/aromatic N) is 2. The topological polar surface area (TPSA) is 69.1 Å². The molecule has 0 saturated carbocycles. The van der Waals surface area contributed by atoms with Gasteiger partial charge in [0.25, 0.3) is 0 Å². The zero-order valence-electron chi connectivity index (χ0n) is 18.7. The molecular formula is C28H22ClN3O3. The van der Waals surface area contributed by atoms with Crippen LogP contribution in [0, 0.1) is 0 Å². The largest absolute Gasteiger partial charge is 0.489 e. The van der Waals surface area contributed by atoms with Crippen LogP contribution in [0.3, 0.4) is 0 Å². The van der Waals surface area contributed by atoms with E-state index in [2.05, 4.69) is 10.2 Å². The first kappa shape index (κ1) is 22.5. The van der Waals surface area contributed by atoms with Crippen molar-refractivity contribution in [1.82, 2.24) is 14.8 Å². The van der Waals surface area contributed by atoms with Crippen molar-refractivity contribution < 1.29 is 9.47 Å². The summed E-state index contributed by atoms with van der Waals surface area (Å²) in [6.07, 6.45) is 0. The third kappa shape index (κ3) is 5.28. The number of halogens is 1. The van der Waals surface area contributed by atoms with Crippen LogP contribution in [-0.4, -0.2) is 14.8 Å². The van der Waals surface area contributed by atoms with Crippen LogP contribution in [0.15, 0.2) is 108 Å². The van der Waals surface area contributed by atoms with E-state index in [1.54, 1.807) is 24.3 Å². The summed E-state index contributed by atoms with van der Waals surface area (Å²) in [7, 11) is 0. The second-order valence-corrected chi connectivity index (χ2v) is 8.31. The van der Waals surface area contributed by atoms with Crippen LogP contribution in [0.5, 0.6) is 11.5 Å². The molecule has 0 saturated heterocycles. The van der Waals surface area contributed by atoms with Crippen LogP contribution in [0.4, 0.5) is 0 Å². The summed E-state index contributed by atoms with van der Waals surface area (Å²) < 4.78 is 13.7. The molecule has 4 aromatic carbocycles. The van der Waals surface area contributed by atoms with Gasteiger partial charge in [-0.25, -0.2) is 14.5 Å². The Morgan fingerprint density at radius 3 is 2.14 bits per heavy atom. The lowest BCUT2D eigenvalue weighted by molar-refractivity contribution is 0.290. The minimum Gasteiger partial charge on any atom is -0.489 e. The Balaban J connectivity index is 1.52. The summed E-state index contributed by atoms with van der Waals surface area (Å²) in [6.45, 7) is 0.774. The van der Waals surface area contributed by atoms with Crippen molar-refractivity contribution in [2.24, 2.45) is 0 Å². The molecule has 174 valence electrons. The third-order valence-electron chi connectivity index (χ3n) is 5.42. The number of aromatic amines is 1. The number of hydrogen-bond acceptors (Lipinski definition) is 4. The minimum absolute atomic E-state index is 0.349. The zero-order valence-corrected chi connectivity index (χ0v) is 19.5. The first-order chi connectivity index (χ1) is 17.2. The minimum atomic E-state index is -0.374. The second kappa shape index (κ2) is 10.3. The van der Waals surface area contributed by atoms with Gasteiger partial charge in [0.15, 0.2) is 5.82 Å². The molecular weight excluding hydrogens is 462 g/mol. The molecule has 0 amide bonds. The molecule has 35 heavy (non-hydrogen) atoms. The molecule has 0 bridgehead atoms. The molecule has 0 aliphatic carbocycles. The molecule has 0 spiro atoms. The fourth-order valence-electron chi connectivity index (χ4n) is 3.71. The fraction of sp³-hybridized carbons (Fsp3) is 0.0714. The van der Waals surface area contributed by atoms with E-state index in [9.17, 15) is 4.79 Å². The molecule has 5 rings (SSSR count).